The Morgan fingerprint density at radius 1 is 1.28 bits per heavy atom. The summed E-state index contributed by atoms with van der Waals surface area (Å²) in [5, 5.41) is 1.51. The third-order valence-electron chi connectivity index (χ3n) is 5.14. The fourth-order valence-corrected chi connectivity index (χ4v) is 4.40. The minimum atomic E-state index is -0.165. The highest BCUT2D eigenvalue weighted by molar-refractivity contribution is 7.99. The van der Waals surface area contributed by atoms with Gasteiger partial charge in [0.2, 0.25) is 5.91 Å². The largest absolute Gasteiger partial charge is 0.345 e. The molecule has 2 aromatic carbocycles. The summed E-state index contributed by atoms with van der Waals surface area (Å²) in [4.78, 5) is 32.3. The molecule has 29 heavy (non-hydrogen) atoms. The summed E-state index contributed by atoms with van der Waals surface area (Å²) >= 11 is 7.40. The van der Waals surface area contributed by atoms with Gasteiger partial charge in [-0.15, -0.1) is 0 Å². The molecule has 4 rings (SSSR count). The Morgan fingerprint density at radius 2 is 2.03 bits per heavy atom. The summed E-state index contributed by atoms with van der Waals surface area (Å²) < 4.78 is 1.60. The van der Waals surface area contributed by atoms with Gasteiger partial charge in [-0.1, -0.05) is 41.6 Å². The highest BCUT2D eigenvalue weighted by Crippen LogP contribution is 2.30. The minimum Gasteiger partial charge on any atom is -0.345 e. The standard InChI is InChI=1S/C22H22ClN3O2S/c1-14-5-3-4-6-19(14)26-21(28)17-10-9-16(23)11-18(17)24-22(26)29-13-20(27)25(2)12-15-7-8-15/h3-6,9-11,15H,7-8,12-13H2,1-2H3. The van der Waals surface area contributed by atoms with Gasteiger partial charge in [0, 0.05) is 18.6 Å². The molecule has 1 aliphatic rings. The third-order valence-corrected chi connectivity index (χ3v) is 6.29. The van der Waals surface area contributed by atoms with Crippen molar-refractivity contribution in [3.63, 3.8) is 0 Å². The number of carbonyl (C=O) groups excluding carboxylic acids is 1. The number of benzene rings is 2. The van der Waals surface area contributed by atoms with Crippen LogP contribution >= 0.6 is 23.4 Å². The van der Waals surface area contributed by atoms with Gasteiger partial charge in [0.25, 0.3) is 5.56 Å². The van der Waals surface area contributed by atoms with Crippen molar-refractivity contribution in [3.8, 4) is 5.69 Å². The van der Waals surface area contributed by atoms with Gasteiger partial charge in [0.1, 0.15) is 0 Å². The van der Waals surface area contributed by atoms with Crippen LogP contribution in [0.1, 0.15) is 18.4 Å². The molecule has 0 spiro atoms. The van der Waals surface area contributed by atoms with E-state index in [1.165, 1.54) is 24.6 Å². The normalized spacial score (nSPS) is 13.6. The molecule has 3 aromatic rings. The van der Waals surface area contributed by atoms with Crippen LogP contribution in [0.5, 0.6) is 0 Å². The summed E-state index contributed by atoms with van der Waals surface area (Å²) in [6.07, 6.45) is 2.40. The zero-order chi connectivity index (χ0) is 20.5. The summed E-state index contributed by atoms with van der Waals surface area (Å²) in [7, 11) is 1.84. The summed E-state index contributed by atoms with van der Waals surface area (Å²) in [5.74, 6) is 0.909. The lowest BCUT2D eigenvalue weighted by Gasteiger charge is -2.18. The van der Waals surface area contributed by atoms with Crippen molar-refractivity contribution < 1.29 is 4.79 Å². The Labute approximate surface area is 178 Å². The number of rotatable bonds is 6. The molecule has 1 aliphatic carbocycles. The summed E-state index contributed by atoms with van der Waals surface area (Å²) in [6, 6.07) is 12.8. The summed E-state index contributed by atoms with van der Waals surface area (Å²) in [6.45, 7) is 2.75. The zero-order valence-electron chi connectivity index (χ0n) is 16.4. The number of aryl methyl sites for hydroxylation is 1. The van der Waals surface area contributed by atoms with Crippen molar-refractivity contribution in [2.75, 3.05) is 19.3 Å². The number of nitrogens with zero attached hydrogens (tertiary/aromatic N) is 3. The summed E-state index contributed by atoms with van der Waals surface area (Å²) in [5.41, 5.74) is 2.10. The van der Waals surface area contributed by atoms with Crippen LogP contribution in [0, 0.1) is 12.8 Å². The predicted octanol–water partition coefficient (Wildman–Crippen LogP) is 4.31. The van der Waals surface area contributed by atoms with Crippen LogP contribution in [0.2, 0.25) is 5.02 Å². The fraction of sp³-hybridized carbons (Fsp3) is 0.318. The minimum absolute atomic E-state index is 0.0404. The molecule has 7 heteroatoms. The average molecular weight is 428 g/mol. The van der Waals surface area contributed by atoms with Crippen LogP contribution in [0.15, 0.2) is 52.4 Å². The van der Waals surface area contributed by atoms with E-state index in [9.17, 15) is 9.59 Å². The van der Waals surface area contributed by atoms with Crippen LogP contribution in [0.3, 0.4) is 0 Å². The second-order valence-electron chi connectivity index (χ2n) is 7.49. The van der Waals surface area contributed by atoms with E-state index in [-0.39, 0.29) is 17.2 Å². The Balaban J connectivity index is 1.74. The molecule has 1 aromatic heterocycles. The van der Waals surface area contributed by atoms with E-state index in [1.54, 1.807) is 27.7 Å². The van der Waals surface area contributed by atoms with Crippen molar-refractivity contribution in [1.29, 1.82) is 0 Å². The van der Waals surface area contributed by atoms with Gasteiger partial charge in [0.15, 0.2) is 5.16 Å². The molecule has 1 saturated carbocycles. The van der Waals surface area contributed by atoms with Crippen LogP contribution in [0.4, 0.5) is 0 Å². The van der Waals surface area contributed by atoms with E-state index >= 15 is 0 Å². The molecule has 1 fully saturated rings. The van der Waals surface area contributed by atoms with E-state index in [0.29, 0.717) is 27.0 Å². The Hall–Kier alpha value is -2.31. The van der Waals surface area contributed by atoms with Crippen molar-refractivity contribution in [2.45, 2.75) is 24.9 Å². The molecule has 5 nitrogen and oxygen atoms in total. The molecule has 0 atom stereocenters. The highest BCUT2D eigenvalue weighted by Gasteiger charge is 2.25. The molecule has 0 unspecified atom stereocenters. The van der Waals surface area contributed by atoms with Gasteiger partial charge in [-0.25, -0.2) is 4.98 Å². The molecular weight excluding hydrogens is 406 g/mol. The lowest BCUT2D eigenvalue weighted by atomic mass is 10.2. The first-order valence-electron chi connectivity index (χ1n) is 9.59. The van der Waals surface area contributed by atoms with Gasteiger partial charge in [-0.05, 0) is 55.5 Å². The second-order valence-corrected chi connectivity index (χ2v) is 8.87. The molecule has 0 saturated heterocycles. The molecule has 0 radical (unpaired) electrons. The first kappa shape index (κ1) is 20.0. The van der Waals surface area contributed by atoms with Crippen LogP contribution in [0.25, 0.3) is 16.6 Å². The number of aromatic nitrogens is 2. The van der Waals surface area contributed by atoms with Gasteiger partial charge < -0.3 is 4.90 Å². The Kier molecular flexibility index (Phi) is 5.65. The van der Waals surface area contributed by atoms with E-state index in [0.717, 1.165) is 17.8 Å². The SMILES string of the molecule is Cc1ccccc1-n1c(SCC(=O)N(C)CC2CC2)nc2cc(Cl)ccc2c1=O. The quantitative estimate of drug-likeness (QED) is 0.434. The maximum atomic E-state index is 13.3. The zero-order valence-corrected chi connectivity index (χ0v) is 18.0. The number of fused-ring (bicyclic) bond motifs is 1. The van der Waals surface area contributed by atoms with Crippen LogP contribution < -0.4 is 5.56 Å². The van der Waals surface area contributed by atoms with E-state index in [2.05, 4.69) is 4.98 Å². The number of amides is 1. The van der Waals surface area contributed by atoms with Crippen molar-refractivity contribution in [3.05, 3.63) is 63.4 Å². The van der Waals surface area contributed by atoms with Gasteiger partial charge >= 0.3 is 0 Å². The third kappa shape index (κ3) is 4.33. The fourth-order valence-electron chi connectivity index (χ4n) is 3.29. The molecular formula is C22H22ClN3O2S. The molecule has 1 amide bonds. The van der Waals surface area contributed by atoms with E-state index in [1.807, 2.05) is 38.2 Å². The smallest absolute Gasteiger partial charge is 0.266 e. The lowest BCUT2D eigenvalue weighted by Crippen LogP contribution is -2.30. The Bertz CT molecular complexity index is 1140. The van der Waals surface area contributed by atoms with Gasteiger partial charge in [-0.3, -0.25) is 14.2 Å². The number of carbonyl (C=O) groups is 1. The predicted molar refractivity (Wildman–Crippen MR) is 118 cm³/mol. The Morgan fingerprint density at radius 3 is 2.76 bits per heavy atom. The van der Waals surface area contributed by atoms with Crippen molar-refractivity contribution >= 4 is 40.2 Å². The first-order valence-corrected chi connectivity index (χ1v) is 11.0. The number of para-hydroxylation sites is 1. The monoisotopic (exact) mass is 427 g/mol. The number of hydrogen-bond acceptors (Lipinski definition) is 4. The average Bonchev–Trinajstić information content (AvgIpc) is 3.51. The molecule has 1 heterocycles. The number of hydrogen-bond donors (Lipinski definition) is 0. The molecule has 150 valence electrons. The number of thioether (sulfide) groups is 1. The topological polar surface area (TPSA) is 55.2 Å². The van der Waals surface area contributed by atoms with E-state index in [4.69, 9.17) is 11.6 Å². The van der Waals surface area contributed by atoms with Crippen molar-refractivity contribution in [2.24, 2.45) is 5.92 Å². The highest BCUT2D eigenvalue weighted by atomic mass is 35.5. The molecule has 0 aliphatic heterocycles. The molecule has 0 N–H and O–H groups in total. The van der Waals surface area contributed by atoms with Gasteiger partial charge in [0.05, 0.1) is 22.3 Å². The number of halogens is 1. The second kappa shape index (κ2) is 8.20. The van der Waals surface area contributed by atoms with Crippen molar-refractivity contribution in [1.82, 2.24) is 14.5 Å². The van der Waals surface area contributed by atoms with Gasteiger partial charge in [-0.2, -0.15) is 0 Å². The first-order chi connectivity index (χ1) is 13.9. The molecule has 0 bridgehead atoms. The van der Waals surface area contributed by atoms with Crippen LogP contribution in [-0.2, 0) is 4.79 Å². The van der Waals surface area contributed by atoms with Crippen LogP contribution in [-0.4, -0.2) is 39.7 Å². The van der Waals surface area contributed by atoms with E-state index < -0.39 is 0 Å². The maximum Gasteiger partial charge on any atom is 0.266 e. The maximum absolute atomic E-state index is 13.3. The lowest BCUT2D eigenvalue weighted by molar-refractivity contribution is -0.127.